The summed E-state index contributed by atoms with van der Waals surface area (Å²) in [7, 11) is 0. The van der Waals surface area contributed by atoms with Crippen molar-refractivity contribution in [1.29, 1.82) is 0 Å². The van der Waals surface area contributed by atoms with E-state index < -0.39 is 5.82 Å². The van der Waals surface area contributed by atoms with E-state index in [9.17, 15) is 9.18 Å². The molecular weight excluding hydrogens is 325 g/mol. The molecular formula is C16H15ClFNO2S. The average molecular weight is 340 g/mol. The number of nitrogens with one attached hydrogen (secondary N) is 1. The second kappa shape index (κ2) is 8.17. The van der Waals surface area contributed by atoms with Gasteiger partial charge in [-0.2, -0.15) is 0 Å². The molecule has 0 heterocycles. The zero-order valence-electron chi connectivity index (χ0n) is 11.7. The highest BCUT2D eigenvalue weighted by atomic mass is 35.5. The molecule has 2 aromatic carbocycles. The van der Waals surface area contributed by atoms with Gasteiger partial charge in [0.05, 0.1) is 18.0 Å². The van der Waals surface area contributed by atoms with Crippen molar-refractivity contribution in [3.63, 3.8) is 0 Å². The molecule has 0 bridgehead atoms. The normalized spacial score (nSPS) is 10.5. The fourth-order valence-electron chi connectivity index (χ4n) is 1.78. The van der Waals surface area contributed by atoms with E-state index in [2.05, 4.69) is 5.32 Å². The van der Waals surface area contributed by atoms with Crippen molar-refractivity contribution < 1.29 is 14.3 Å². The molecule has 22 heavy (non-hydrogen) atoms. The van der Waals surface area contributed by atoms with Crippen molar-refractivity contribution >= 4 is 35.0 Å². The number of halogens is 2. The third kappa shape index (κ3) is 5.02. The summed E-state index contributed by atoms with van der Waals surface area (Å²) in [5.41, 5.74) is 2.00. The fraction of sp³-hybridized carbons (Fsp3) is 0.188. The van der Waals surface area contributed by atoms with Crippen molar-refractivity contribution in [2.45, 2.75) is 12.4 Å². The molecule has 2 aromatic rings. The molecule has 0 saturated heterocycles. The maximum absolute atomic E-state index is 13.5. The van der Waals surface area contributed by atoms with Gasteiger partial charge in [0, 0.05) is 10.8 Å². The molecule has 3 nitrogen and oxygen atoms in total. The van der Waals surface area contributed by atoms with Gasteiger partial charge in [0.15, 0.2) is 0 Å². The monoisotopic (exact) mass is 339 g/mol. The number of aliphatic hydroxyl groups is 1. The van der Waals surface area contributed by atoms with E-state index in [0.717, 1.165) is 11.1 Å². The van der Waals surface area contributed by atoms with Crippen molar-refractivity contribution in [3.8, 4) is 0 Å². The minimum atomic E-state index is -0.512. The van der Waals surface area contributed by atoms with Crippen molar-refractivity contribution in [2.75, 3.05) is 11.1 Å². The molecule has 0 spiro atoms. The Morgan fingerprint density at radius 1 is 1.18 bits per heavy atom. The van der Waals surface area contributed by atoms with E-state index in [1.54, 1.807) is 0 Å². The van der Waals surface area contributed by atoms with E-state index in [1.165, 1.54) is 30.0 Å². The highest BCUT2D eigenvalue weighted by Crippen LogP contribution is 2.20. The Morgan fingerprint density at radius 3 is 2.55 bits per heavy atom. The van der Waals surface area contributed by atoms with Crippen molar-refractivity contribution in [2.24, 2.45) is 0 Å². The summed E-state index contributed by atoms with van der Waals surface area (Å²) < 4.78 is 13.5. The van der Waals surface area contributed by atoms with E-state index in [4.69, 9.17) is 16.7 Å². The van der Waals surface area contributed by atoms with Gasteiger partial charge in [-0.3, -0.25) is 4.79 Å². The van der Waals surface area contributed by atoms with E-state index in [1.807, 2.05) is 24.3 Å². The van der Waals surface area contributed by atoms with Crippen LogP contribution in [-0.2, 0) is 17.2 Å². The van der Waals surface area contributed by atoms with E-state index in [-0.39, 0.29) is 24.0 Å². The molecule has 0 radical (unpaired) electrons. The fourth-order valence-corrected chi connectivity index (χ4v) is 2.74. The lowest BCUT2D eigenvalue weighted by molar-refractivity contribution is -0.113. The Bertz CT molecular complexity index is 649. The summed E-state index contributed by atoms with van der Waals surface area (Å²) in [5.74, 6) is 0.0886. The van der Waals surface area contributed by atoms with Crippen LogP contribution in [0.2, 0.25) is 5.02 Å². The molecule has 0 fully saturated rings. The maximum Gasteiger partial charge on any atom is 0.234 e. The van der Waals surface area contributed by atoms with Crippen LogP contribution < -0.4 is 5.32 Å². The van der Waals surface area contributed by atoms with Crippen LogP contribution in [0.25, 0.3) is 0 Å². The predicted molar refractivity (Wildman–Crippen MR) is 88.6 cm³/mol. The van der Waals surface area contributed by atoms with Crippen LogP contribution in [0.1, 0.15) is 11.1 Å². The minimum Gasteiger partial charge on any atom is -0.392 e. The van der Waals surface area contributed by atoms with Gasteiger partial charge < -0.3 is 10.4 Å². The summed E-state index contributed by atoms with van der Waals surface area (Å²) in [4.78, 5) is 11.8. The molecule has 0 aliphatic carbocycles. The van der Waals surface area contributed by atoms with Gasteiger partial charge in [-0.15, -0.1) is 11.8 Å². The Labute approximate surface area is 137 Å². The summed E-state index contributed by atoms with van der Waals surface area (Å²) in [6.07, 6.45) is 0. The average Bonchev–Trinajstić information content (AvgIpc) is 2.51. The smallest absolute Gasteiger partial charge is 0.234 e. The van der Waals surface area contributed by atoms with Crippen LogP contribution in [0.3, 0.4) is 0 Å². The van der Waals surface area contributed by atoms with Gasteiger partial charge in [-0.05, 0) is 29.3 Å². The molecule has 0 atom stereocenters. The van der Waals surface area contributed by atoms with E-state index in [0.29, 0.717) is 10.8 Å². The third-order valence-corrected chi connectivity index (χ3v) is 4.15. The number of anilines is 1. The Balaban J connectivity index is 1.81. The zero-order chi connectivity index (χ0) is 15.9. The number of rotatable bonds is 6. The van der Waals surface area contributed by atoms with Crippen LogP contribution in [0.4, 0.5) is 10.1 Å². The zero-order valence-corrected chi connectivity index (χ0v) is 13.3. The standard InChI is InChI=1S/C16H15ClFNO2S/c17-13-5-6-14(18)15(7-13)19-16(21)10-22-9-12-3-1-11(8-20)2-4-12/h1-7,20H,8-10H2,(H,19,21). The molecule has 0 unspecified atom stereocenters. The van der Waals surface area contributed by atoms with Crippen LogP contribution >= 0.6 is 23.4 Å². The lowest BCUT2D eigenvalue weighted by atomic mass is 10.2. The molecule has 0 aromatic heterocycles. The minimum absolute atomic E-state index is 0.0149. The Morgan fingerprint density at radius 2 is 1.86 bits per heavy atom. The largest absolute Gasteiger partial charge is 0.392 e. The predicted octanol–water partition coefficient (Wildman–Crippen LogP) is 3.84. The number of hydrogen-bond acceptors (Lipinski definition) is 3. The van der Waals surface area contributed by atoms with Crippen LogP contribution in [-0.4, -0.2) is 16.8 Å². The highest BCUT2D eigenvalue weighted by Gasteiger charge is 2.08. The van der Waals surface area contributed by atoms with Gasteiger partial charge >= 0.3 is 0 Å². The molecule has 0 aliphatic heterocycles. The quantitative estimate of drug-likeness (QED) is 0.840. The van der Waals surface area contributed by atoms with Gasteiger partial charge in [-0.25, -0.2) is 4.39 Å². The SMILES string of the molecule is O=C(CSCc1ccc(CO)cc1)Nc1cc(Cl)ccc1F. The van der Waals surface area contributed by atoms with Crippen molar-refractivity contribution in [1.82, 2.24) is 0 Å². The number of thioether (sulfide) groups is 1. The molecule has 0 saturated carbocycles. The maximum atomic E-state index is 13.5. The summed E-state index contributed by atoms with van der Waals surface area (Å²) in [5, 5.41) is 11.8. The Kier molecular flexibility index (Phi) is 6.24. The second-order valence-corrected chi connectivity index (χ2v) is 6.06. The van der Waals surface area contributed by atoms with Crippen LogP contribution in [0.15, 0.2) is 42.5 Å². The van der Waals surface area contributed by atoms with Crippen LogP contribution in [0.5, 0.6) is 0 Å². The third-order valence-electron chi connectivity index (χ3n) is 2.91. The van der Waals surface area contributed by atoms with Crippen molar-refractivity contribution in [3.05, 3.63) is 64.4 Å². The molecule has 6 heteroatoms. The number of hydrogen-bond donors (Lipinski definition) is 2. The number of benzene rings is 2. The van der Waals surface area contributed by atoms with Gasteiger partial charge in [0.25, 0.3) is 0 Å². The first kappa shape index (κ1) is 16.8. The molecule has 116 valence electrons. The number of carbonyl (C=O) groups excluding carboxylic acids is 1. The second-order valence-electron chi connectivity index (χ2n) is 4.64. The van der Waals surface area contributed by atoms with E-state index >= 15 is 0 Å². The summed E-state index contributed by atoms with van der Waals surface area (Å²) in [6.45, 7) is 0.0149. The lowest BCUT2D eigenvalue weighted by Gasteiger charge is -2.07. The van der Waals surface area contributed by atoms with Gasteiger partial charge in [0.2, 0.25) is 5.91 Å². The van der Waals surface area contributed by atoms with Gasteiger partial charge in [-0.1, -0.05) is 35.9 Å². The number of aliphatic hydroxyl groups excluding tert-OH is 1. The summed E-state index contributed by atoms with van der Waals surface area (Å²) >= 11 is 7.20. The lowest BCUT2D eigenvalue weighted by Crippen LogP contribution is -2.15. The first-order valence-corrected chi connectivity index (χ1v) is 8.13. The topological polar surface area (TPSA) is 49.3 Å². The first-order valence-electron chi connectivity index (χ1n) is 6.60. The molecule has 2 rings (SSSR count). The number of amides is 1. The first-order chi connectivity index (χ1) is 10.6. The van der Waals surface area contributed by atoms with Crippen LogP contribution in [0, 0.1) is 5.82 Å². The molecule has 1 amide bonds. The highest BCUT2D eigenvalue weighted by molar-refractivity contribution is 7.99. The Hall–Kier alpha value is -1.56. The van der Waals surface area contributed by atoms with Gasteiger partial charge in [0.1, 0.15) is 5.82 Å². The summed E-state index contributed by atoms with van der Waals surface area (Å²) in [6, 6.07) is 11.5. The number of carbonyl (C=O) groups is 1. The molecule has 2 N–H and O–H groups in total. The molecule has 0 aliphatic rings.